The molecule has 0 amide bonds. The van der Waals surface area contributed by atoms with Gasteiger partial charge in [0.25, 0.3) is 0 Å². The molecule has 2 aliphatic rings. The lowest BCUT2D eigenvalue weighted by atomic mass is 9.78. The van der Waals surface area contributed by atoms with Crippen LogP contribution in [0.15, 0.2) is 66.8 Å². The molecule has 0 aliphatic heterocycles. The molecule has 3 aromatic rings. The lowest BCUT2D eigenvalue weighted by molar-refractivity contribution is 0.700. The van der Waals surface area contributed by atoms with Crippen LogP contribution in [0.25, 0.3) is 26.9 Å². The minimum atomic E-state index is 0.495. The third-order valence-corrected chi connectivity index (χ3v) is 5.76. The molecule has 1 heterocycles. The molecule has 0 spiro atoms. The summed E-state index contributed by atoms with van der Waals surface area (Å²) in [6, 6.07) is 13.3. The summed E-state index contributed by atoms with van der Waals surface area (Å²) in [7, 11) is 0. The second-order valence-corrected chi connectivity index (χ2v) is 6.86. The van der Waals surface area contributed by atoms with Gasteiger partial charge in [0.15, 0.2) is 0 Å². The zero-order chi connectivity index (χ0) is 13.8. The molecule has 5 rings (SSSR count). The van der Waals surface area contributed by atoms with Crippen LogP contribution in [0.4, 0.5) is 0 Å². The first-order valence-electron chi connectivity index (χ1n) is 7.39. The van der Waals surface area contributed by atoms with Crippen LogP contribution in [0.2, 0.25) is 0 Å². The van der Waals surface area contributed by atoms with Gasteiger partial charge < -0.3 is 0 Å². The van der Waals surface area contributed by atoms with Gasteiger partial charge in [0.2, 0.25) is 0 Å². The van der Waals surface area contributed by atoms with Crippen LogP contribution in [-0.4, -0.2) is 0 Å². The molecular formula is C20H14S. The molecule has 0 bridgehead atoms. The molecule has 100 valence electrons. The summed E-state index contributed by atoms with van der Waals surface area (Å²) in [5, 5.41) is 4.20. The maximum atomic E-state index is 2.36. The Bertz CT molecular complexity index is 953. The van der Waals surface area contributed by atoms with E-state index in [4.69, 9.17) is 0 Å². The van der Waals surface area contributed by atoms with E-state index < -0.39 is 0 Å². The number of benzene rings is 2. The zero-order valence-electron chi connectivity index (χ0n) is 11.5. The van der Waals surface area contributed by atoms with Crippen LogP contribution in [-0.2, 0) is 0 Å². The van der Waals surface area contributed by atoms with Crippen LogP contribution >= 0.6 is 11.3 Å². The Balaban J connectivity index is 1.93. The second-order valence-electron chi connectivity index (χ2n) is 5.77. The predicted molar refractivity (Wildman–Crippen MR) is 92.9 cm³/mol. The van der Waals surface area contributed by atoms with Crippen molar-refractivity contribution in [2.45, 2.75) is 5.92 Å². The van der Waals surface area contributed by atoms with Crippen molar-refractivity contribution in [2.24, 2.45) is 5.92 Å². The topological polar surface area (TPSA) is 0 Å². The quantitative estimate of drug-likeness (QED) is 0.482. The van der Waals surface area contributed by atoms with Gasteiger partial charge in [-0.2, -0.15) is 0 Å². The molecular weight excluding hydrogens is 272 g/mol. The second kappa shape index (κ2) is 4.19. The minimum absolute atomic E-state index is 0.495. The maximum Gasteiger partial charge on any atom is 0.0358 e. The lowest BCUT2D eigenvalue weighted by Crippen LogP contribution is -2.12. The lowest BCUT2D eigenvalue weighted by Gasteiger charge is -2.25. The number of hydrogen-bond donors (Lipinski definition) is 0. The monoisotopic (exact) mass is 286 g/mol. The Morgan fingerprint density at radius 2 is 1.76 bits per heavy atom. The first-order valence-corrected chi connectivity index (χ1v) is 8.21. The van der Waals surface area contributed by atoms with Crippen molar-refractivity contribution in [2.75, 3.05) is 0 Å². The van der Waals surface area contributed by atoms with E-state index in [0.717, 1.165) is 0 Å². The Morgan fingerprint density at radius 3 is 2.76 bits per heavy atom. The average molecular weight is 286 g/mol. The highest BCUT2D eigenvalue weighted by Crippen LogP contribution is 2.47. The molecule has 21 heavy (non-hydrogen) atoms. The van der Waals surface area contributed by atoms with Gasteiger partial charge in [-0.15, -0.1) is 11.3 Å². The fraction of sp³-hybridized carbons (Fsp3) is 0.100. The molecule has 2 unspecified atom stereocenters. The number of thiophene rings is 1. The Labute approximate surface area is 127 Å². The highest BCUT2D eigenvalue weighted by molar-refractivity contribution is 7.20. The molecule has 0 radical (unpaired) electrons. The molecule has 0 N–H and O–H groups in total. The van der Waals surface area contributed by atoms with Gasteiger partial charge in [-0.05, 0) is 28.5 Å². The van der Waals surface area contributed by atoms with Crippen molar-refractivity contribution >= 4 is 38.3 Å². The van der Waals surface area contributed by atoms with Crippen molar-refractivity contribution in [3.8, 4) is 0 Å². The molecule has 1 aromatic heterocycles. The van der Waals surface area contributed by atoms with Gasteiger partial charge in [0, 0.05) is 26.8 Å². The van der Waals surface area contributed by atoms with E-state index in [9.17, 15) is 0 Å². The van der Waals surface area contributed by atoms with E-state index in [1.807, 2.05) is 11.3 Å². The number of allylic oxidation sites excluding steroid dienone is 5. The molecule has 2 atom stereocenters. The summed E-state index contributed by atoms with van der Waals surface area (Å²) >= 11 is 1.93. The summed E-state index contributed by atoms with van der Waals surface area (Å²) in [6.07, 6.45) is 13.7. The van der Waals surface area contributed by atoms with Crippen molar-refractivity contribution in [3.63, 3.8) is 0 Å². The summed E-state index contributed by atoms with van der Waals surface area (Å²) < 4.78 is 1.41. The summed E-state index contributed by atoms with van der Waals surface area (Å²) in [5.74, 6) is 1.01. The van der Waals surface area contributed by atoms with E-state index in [-0.39, 0.29) is 0 Å². The average Bonchev–Trinajstić information content (AvgIpc) is 2.94. The van der Waals surface area contributed by atoms with Crippen LogP contribution in [0, 0.1) is 5.92 Å². The minimum Gasteiger partial charge on any atom is -0.136 e. The van der Waals surface area contributed by atoms with Crippen LogP contribution in [0.3, 0.4) is 0 Å². The van der Waals surface area contributed by atoms with Gasteiger partial charge in [-0.25, -0.2) is 0 Å². The smallest absolute Gasteiger partial charge is 0.0358 e. The van der Waals surface area contributed by atoms with Gasteiger partial charge in [0.1, 0.15) is 0 Å². The zero-order valence-corrected chi connectivity index (χ0v) is 12.3. The highest BCUT2D eigenvalue weighted by atomic mass is 32.1. The maximum absolute atomic E-state index is 2.36. The number of fused-ring (bicyclic) bond motifs is 7. The molecule has 2 aliphatic carbocycles. The Morgan fingerprint density at radius 1 is 0.857 bits per heavy atom. The number of rotatable bonds is 0. The highest BCUT2D eigenvalue weighted by Gasteiger charge is 2.28. The molecule has 0 saturated carbocycles. The fourth-order valence-electron chi connectivity index (χ4n) is 3.66. The standard InChI is InChI=1S/C20H14S/c1-3-7-15-13(5-1)9-11-17-19(15)20-16-8-4-2-6-14(16)10-12-18(20)21-17/h1-13,15H. The van der Waals surface area contributed by atoms with Gasteiger partial charge in [0.05, 0.1) is 0 Å². The van der Waals surface area contributed by atoms with Gasteiger partial charge >= 0.3 is 0 Å². The summed E-state index contributed by atoms with van der Waals surface area (Å²) in [6.45, 7) is 0. The van der Waals surface area contributed by atoms with E-state index in [1.54, 1.807) is 0 Å². The molecule has 0 nitrogen and oxygen atoms in total. The molecule has 0 saturated heterocycles. The van der Waals surface area contributed by atoms with Crippen molar-refractivity contribution in [1.29, 1.82) is 0 Å². The van der Waals surface area contributed by atoms with Gasteiger partial charge in [-0.1, -0.05) is 60.7 Å². The van der Waals surface area contributed by atoms with E-state index >= 15 is 0 Å². The summed E-state index contributed by atoms with van der Waals surface area (Å²) in [4.78, 5) is 1.43. The SMILES string of the molecule is C1=CC2C=Cc3sc4ccc5ccccc5c4c3C2C=C1. The fourth-order valence-corrected chi connectivity index (χ4v) is 4.85. The van der Waals surface area contributed by atoms with E-state index in [1.165, 1.54) is 31.3 Å². The Kier molecular flexibility index (Phi) is 2.30. The summed E-state index contributed by atoms with van der Waals surface area (Å²) in [5.41, 5.74) is 1.53. The predicted octanol–water partition coefficient (Wildman–Crippen LogP) is 5.91. The first-order chi connectivity index (χ1) is 10.4. The third kappa shape index (κ3) is 1.55. The van der Waals surface area contributed by atoms with E-state index in [0.29, 0.717) is 11.8 Å². The van der Waals surface area contributed by atoms with Crippen LogP contribution in [0.5, 0.6) is 0 Å². The third-order valence-electron chi connectivity index (χ3n) is 4.63. The Hall–Kier alpha value is -2.12. The largest absolute Gasteiger partial charge is 0.136 e. The van der Waals surface area contributed by atoms with E-state index in [2.05, 4.69) is 72.9 Å². The molecule has 1 heteroatoms. The number of hydrogen-bond acceptors (Lipinski definition) is 1. The van der Waals surface area contributed by atoms with Crippen LogP contribution < -0.4 is 0 Å². The van der Waals surface area contributed by atoms with Crippen molar-refractivity contribution < 1.29 is 0 Å². The molecule has 2 aromatic carbocycles. The normalized spacial score (nSPS) is 22.7. The van der Waals surface area contributed by atoms with Crippen LogP contribution in [0.1, 0.15) is 16.4 Å². The van der Waals surface area contributed by atoms with Crippen molar-refractivity contribution in [1.82, 2.24) is 0 Å². The van der Waals surface area contributed by atoms with Crippen molar-refractivity contribution in [3.05, 3.63) is 77.2 Å². The molecule has 0 fully saturated rings. The van der Waals surface area contributed by atoms with Gasteiger partial charge in [-0.3, -0.25) is 0 Å². The first kappa shape index (κ1) is 11.5.